The van der Waals surface area contributed by atoms with E-state index in [0.29, 0.717) is 12.0 Å². The second kappa shape index (κ2) is 5.72. The van der Waals surface area contributed by atoms with Crippen LogP contribution in [0.15, 0.2) is 12.1 Å². The van der Waals surface area contributed by atoms with Crippen LogP contribution in [0.25, 0.3) is 0 Å². The first-order chi connectivity index (χ1) is 9.28. The molecule has 0 bridgehead atoms. The van der Waals surface area contributed by atoms with Crippen molar-refractivity contribution in [1.29, 1.82) is 0 Å². The quantitative estimate of drug-likeness (QED) is 0.902. The van der Waals surface area contributed by atoms with Gasteiger partial charge in [-0.1, -0.05) is 18.0 Å². The average Bonchev–Trinajstić information content (AvgIpc) is 3.23. The van der Waals surface area contributed by atoms with Crippen molar-refractivity contribution in [3.63, 3.8) is 0 Å². The Hall–Kier alpha value is -0.730. The van der Waals surface area contributed by atoms with Crippen LogP contribution in [0.1, 0.15) is 49.1 Å². The fraction of sp³-hybridized carbons (Fsp3) is 0.625. The molecule has 1 aliphatic carbocycles. The van der Waals surface area contributed by atoms with E-state index in [4.69, 9.17) is 16.3 Å². The standard InChI is InChI=1S/C16H22ClNO/c1-19-15-10-11(8-13-4-2-3-7-18-13)9-14(17)16(15)12-5-6-12/h9-10,12-13,18H,2-8H2,1H3. The fourth-order valence-electron chi connectivity index (χ4n) is 3.08. The number of ether oxygens (including phenoxy) is 1. The minimum absolute atomic E-state index is 0.598. The van der Waals surface area contributed by atoms with Gasteiger partial charge in [-0.2, -0.15) is 0 Å². The van der Waals surface area contributed by atoms with Gasteiger partial charge in [-0.15, -0.1) is 0 Å². The molecule has 0 spiro atoms. The minimum atomic E-state index is 0.598. The van der Waals surface area contributed by atoms with Gasteiger partial charge in [-0.3, -0.25) is 0 Å². The van der Waals surface area contributed by atoms with Crippen molar-refractivity contribution in [3.05, 3.63) is 28.3 Å². The third-order valence-corrected chi connectivity index (χ3v) is 4.56. The van der Waals surface area contributed by atoms with E-state index in [1.165, 1.54) is 43.2 Å². The third kappa shape index (κ3) is 3.06. The summed E-state index contributed by atoms with van der Waals surface area (Å²) in [7, 11) is 1.75. The first-order valence-electron chi connectivity index (χ1n) is 7.37. The molecule has 0 amide bonds. The monoisotopic (exact) mass is 279 g/mol. The van der Waals surface area contributed by atoms with Crippen molar-refractivity contribution in [2.75, 3.05) is 13.7 Å². The Kier molecular flexibility index (Phi) is 3.99. The molecule has 104 valence electrons. The Labute approximate surface area is 120 Å². The summed E-state index contributed by atoms with van der Waals surface area (Å²) in [6, 6.07) is 4.94. The van der Waals surface area contributed by atoms with Crippen molar-refractivity contribution < 1.29 is 4.74 Å². The highest BCUT2D eigenvalue weighted by Crippen LogP contribution is 2.48. The molecule has 1 atom stereocenters. The lowest BCUT2D eigenvalue weighted by atomic mass is 9.96. The number of nitrogens with one attached hydrogen (secondary N) is 1. The number of methoxy groups -OCH3 is 1. The van der Waals surface area contributed by atoms with E-state index >= 15 is 0 Å². The summed E-state index contributed by atoms with van der Waals surface area (Å²) < 4.78 is 5.55. The number of piperidine rings is 1. The summed E-state index contributed by atoms with van der Waals surface area (Å²) in [5, 5.41) is 4.49. The number of benzene rings is 1. The first-order valence-corrected chi connectivity index (χ1v) is 7.75. The van der Waals surface area contributed by atoms with Crippen LogP contribution in [-0.2, 0) is 6.42 Å². The van der Waals surface area contributed by atoms with Crippen molar-refractivity contribution in [1.82, 2.24) is 5.32 Å². The molecular formula is C16H22ClNO. The second-order valence-corrected chi connectivity index (χ2v) is 6.23. The molecular weight excluding hydrogens is 258 g/mol. The molecule has 1 N–H and O–H groups in total. The molecule has 3 rings (SSSR count). The number of hydrogen-bond acceptors (Lipinski definition) is 2. The van der Waals surface area contributed by atoms with Crippen molar-refractivity contribution in [2.24, 2.45) is 0 Å². The lowest BCUT2D eigenvalue weighted by Crippen LogP contribution is -2.35. The van der Waals surface area contributed by atoms with Crippen LogP contribution in [0.3, 0.4) is 0 Å². The van der Waals surface area contributed by atoms with E-state index in [1.807, 2.05) is 0 Å². The van der Waals surface area contributed by atoms with Gasteiger partial charge in [-0.25, -0.2) is 0 Å². The van der Waals surface area contributed by atoms with Gasteiger partial charge in [0.15, 0.2) is 0 Å². The van der Waals surface area contributed by atoms with Crippen LogP contribution >= 0.6 is 11.6 Å². The predicted octanol–water partition coefficient (Wildman–Crippen LogP) is 3.91. The number of hydrogen-bond donors (Lipinski definition) is 1. The number of halogens is 1. The van der Waals surface area contributed by atoms with Crippen LogP contribution in [0.5, 0.6) is 5.75 Å². The van der Waals surface area contributed by atoms with Crippen molar-refractivity contribution in [2.45, 2.75) is 50.5 Å². The zero-order valence-corrected chi connectivity index (χ0v) is 12.3. The van der Waals surface area contributed by atoms with E-state index in [9.17, 15) is 0 Å². The molecule has 0 radical (unpaired) electrons. The zero-order valence-electron chi connectivity index (χ0n) is 11.5. The van der Waals surface area contributed by atoms with E-state index < -0.39 is 0 Å². The van der Waals surface area contributed by atoms with Crippen LogP contribution < -0.4 is 10.1 Å². The summed E-state index contributed by atoms with van der Waals surface area (Å²) in [6.07, 6.45) is 7.47. The summed E-state index contributed by atoms with van der Waals surface area (Å²) in [6.45, 7) is 1.15. The van der Waals surface area contributed by atoms with E-state index in [0.717, 1.165) is 23.7 Å². The van der Waals surface area contributed by atoms with E-state index in [1.54, 1.807) is 7.11 Å². The minimum Gasteiger partial charge on any atom is -0.496 e. The highest BCUT2D eigenvalue weighted by Gasteiger charge is 2.29. The van der Waals surface area contributed by atoms with Gasteiger partial charge >= 0.3 is 0 Å². The Morgan fingerprint density at radius 3 is 2.74 bits per heavy atom. The molecule has 1 unspecified atom stereocenters. The fourth-order valence-corrected chi connectivity index (χ4v) is 3.47. The normalized spacial score (nSPS) is 23.4. The van der Waals surface area contributed by atoms with Crippen molar-refractivity contribution >= 4 is 11.6 Å². The Morgan fingerprint density at radius 1 is 1.26 bits per heavy atom. The largest absolute Gasteiger partial charge is 0.496 e. The summed E-state index contributed by atoms with van der Waals surface area (Å²) in [4.78, 5) is 0. The highest BCUT2D eigenvalue weighted by atomic mass is 35.5. The zero-order chi connectivity index (χ0) is 13.2. The maximum atomic E-state index is 6.47. The van der Waals surface area contributed by atoms with Gasteiger partial charge in [0.05, 0.1) is 7.11 Å². The molecule has 0 aromatic heterocycles. The van der Waals surface area contributed by atoms with Crippen LogP contribution in [0.2, 0.25) is 5.02 Å². The van der Waals surface area contributed by atoms with E-state index in [-0.39, 0.29) is 0 Å². The third-order valence-electron chi connectivity index (χ3n) is 4.25. The Morgan fingerprint density at radius 2 is 2.11 bits per heavy atom. The molecule has 2 aliphatic rings. The smallest absolute Gasteiger partial charge is 0.124 e. The highest BCUT2D eigenvalue weighted by molar-refractivity contribution is 6.31. The maximum Gasteiger partial charge on any atom is 0.124 e. The van der Waals surface area contributed by atoms with Gasteiger partial charge in [0.25, 0.3) is 0 Å². The lowest BCUT2D eigenvalue weighted by molar-refractivity contribution is 0.395. The molecule has 1 aromatic rings. The number of rotatable bonds is 4. The molecule has 19 heavy (non-hydrogen) atoms. The molecule has 2 nitrogen and oxygen atoms in total. The molecule has 1 aliphatic heterocycles. The van der Waals surface area contributed by atoms with Crippen LogP contribution in [0, 0.1) is 0 Å². The average molecular weight is 280 g/mol. The van der Waals surface area contributed by atoms with Crippen LogP contribution in [0.4, 0.5) is 0 Å². The maximum absolute atomic E-state index is 6.47. The predicted molar refractivity (Wildman–Crippen MR) is 79.3 cm³/mol. The van der Waals surface area contributed by atoms with Gasteiger partial charge in [0.1, 0.15) is 5.75 Å². The molecule has 1 aromatic carbocycles. The molecule has 2 fully saturated rings. The van der Waals surface area contributed by atoms with Gasteiger partial charge < -0.3 is 10.1 Å². The molecule has 3 heteroatoms. The van der Waals surface area contributed by atoms with Gasteiger partial charge in [-0.05, 0) is 62.3 Å². The lowest BCUT2D eigenvalue weighted by Gasteiger charge is -2.24. The summed E-state index contributed by atoms with van der Waals surface area (Å²) in [5.41, 5.74) is 2.52. The molecule has 1 saturated heterocycles. The Balaban J connectivity index is 1.79. The topological polar surface area (TPSA) is 21.3 Å². The first kappa shape index (κ1) is 13.3. The molecule has 1 saturated carbocycles. The second-order valence-electron chi connectivity index (χ2n) is 5.82. The van der Waals surface area contributed by atoms with Crippen LogP contribution in [-0.4, -0.2) is 19.7 Å². The van der Waals surface area contributed by atoms with Gasteiger partial charge in [0.2, 0.25) is 0 Å². The van der Waals surface area contributed by atoms with Crippen molar-refractivity contribution in [3.8, 4) is 5.75 Å². The summed E-state index contributed by atoms with van der Waals surface area (Å²) in [5.74, 6) is 1.62. The SMILES string of the molecule is COc1cc(CC2CCCCN2)cc(Cl)c1C1CC1. The van der Waals surface area contributed by atoms with Gasteiger partial charge in [0, 0.05) is 16.6 Å². The summed E-state index contributed by atoms with van der Waals surface area (Å²) >= 11 is 6.47. The molecule has 1 heterocycles. The van der Waals surface area contributed by atoms with E-state index in [2.05, 4.69) is 17.4 Å². The Bertz CT molecular complexity index is 450.